The van der Waals surface area contributed by atoms with E-state index in [1.165, 1.54) is 11.1 Å². The van der Waals surface area contributed by atoms with Crippen molar-refractivity contribution in [3.63, 3.8) is 0 Å². The largest absolute Gasteiger partial charge is 0.490 e. The highest BCUT2D eigenvalue weighted by Crippen LogP contribution is 2.29. The summed E-state index contributed by atoms with van der Waals surface area (Å²) in [6.07, 6.45) is -0.0234. The van der Waals surface area contributed by atoms with Gasteiger partial charge in [0.1, 0.15) is 0 Å². The zero-order chi connectivity index (χ0) is 22.6. The smallest absolute Gasteiger partial charge is 0.475 e. The number of nitrogens with zero attached hydrogens (tertiary/aromatic N) is 4. The molecule has 3 heterocycles. The third-order valence-electron chi connectivity index (χ3n) is 5.16. The van der Waals surface area contributed by atoms with Gasteiger partial charge in [-0.2, -0.15) is 13.2 Å². The van der Waals surface area contributed by atoms with Gasteiger partial charge < -0.3 is 14.4 Å². The Morgan fingerprint density at radius 3 is 2.40 bits per heavy atom. The maximum atomic E-state index is 12.3. The molecule has 1 saturated heterocycles. The molecule has 0 unspecified atom stereocenters. The molecule has 0 bridgehead atoms. The van der Waals surface area contributed by atoms with Crippen molar-refractivity contribution in [3.8, 4) is 0 Å². The number of hydrogen-bond acceptors (Lipinski definition) is 4. The van der Waals surface area contributed by atoms with Crippen molar-refractivity contribution in [2.75, 3.05) is 26.7 Å². The highest BCUT2D eigenvalue weighted by molar-refractivity contribution is 5.79. The first-order valence-electron chi connectivity index (χ1n) is 9.67. The van der Waals surface area contributed by atoms with Crippen molar-refractivity contribution in [2.45, 2.75) is 45.3 Å². The molecule has 0 radical (unpaired) electrons. The molecule has 2 aromatic heterocycles. The fourth-order valence-corrected chi connectivity index (χ4v) is 2.94. The molecule has 166 valence electrons. The lowest BCUT2D eigenvalue weighted by molar-refractivity contribution is -0.192. The number of carboxylic acid groups (broad SMARTS) is 1. The zero-order valence-corrected chi connectivity index (χ0v) is 17.5. The quantitative estimate of drug-likeness (QED) is 0.793. The Labute approximate surface area is 173 Å². The Balaban J connectivity index is 0.000000396. The van der Waals surface area contributed by atoms with E-state index in [0.717, 1.165) is 25.2 Å². The normalized spacial score (nSPS) is 14.6. The minimum Gasteiger partial charge on any atom is -0.475 e. The molecule has 0 aromatic carbocycles. The van der Waals surface area contributed by atoms with Crippen LogP contribution in [0.4, 0.5) is 13.2 Å². The topological polar surface area (TPSA) is 78.2 Å². The number of aromatic nitrogens is 2. The number of fused-ring (bicyclic) bond motifs is 1. The predicted octanol–water partition coefficient (Wildman–Crippen LogP) is 2.80. The van der Waals surface area contributed by atoms with Crippen LogP contribution in [0.15, 0.2) is 24.7 Å². The summed E-state index contributed by atoms with van der Waals surface area (Å²) < 4.78 is 33.8. The first kappa shape index (κ1) is 23.7. The lowest BCUT2D eigenvalue weighted by Gasteiger charge is -2.39. The molecule has 3 rings (SSSR count). The van der Waals surface area contributed by atoms with Gasteiger partial charge in [0.15, 0.2) is 0 Å². The molecule has 1 N–H and O–H groups in total. The van der Waals surface area contributed by atoms with Gasteiger partial charge in [-0.15, -0.1) is 0 Å². The van der Waals surface area contributed by atoms with Crippen molar-refractivity contribution in [1.82, 2.24) is 19.2 Å². The monoisotopic (exact) mass is 428 g/mol. The number of likely N-dealkylation sites (N-methyl/N-ethyl adjacent to an activating group) is 1. The number of carbonyl (C=O) groups is 2. The molecular weight excluding hydrogens is 401 g/mol. The summed E-state index contributed by atoms with van der Waals surface area (Å²) in [6, 6.07) is 4.71. The Kier molecular flexibility index (Phi) is 7.46. The second kappa shape index (κ2) is 9.46. The Morgan fingerprint density at radius 1 is 1.30 bits per heavy atom. The van der Waals surface area contributed by atoms with Crippen LogP contribution in [0.2, 0.25) is 0 Å². The SMILES string of the molecule is CCc1ccc2c(C3CN(C(=O)CN(C)C(C)C)C3)ncn2c1.O=C(O)C(F)(F)F. The van der Waals surface area contributed by atoms with E-state index >= 15 is 0 Å². The number of alkyl halides is 3. The van der Waals surface area contributed by atoms with E-state index in [1.807, 2.05) is 18.3 Å². The first-order chi connectivity index (χ1) is 13.9. The lowest BCUT2D eigenvalue weighted by atomic mass is 9.95. The maximum Gasteiger partial charge on any atom is 0.490 e. The summed E-state index contributed by atoms with van der Waals surface area (Å²) in [5.74, 6) is -2.18. The van der Waals surface area contributed by atoms with Gasteiger partial charge in [0.2, 0.25) is 5.91 Å². The van der Waals surface area contributed by atoms with Crippen molar-refractivity contribution in [1.29, 1.82) is 0 Å². The Hall–Kier alpha value is -2.62. The van der Waals surface area contributed by atoms with Gasteiger partial charge in [0, 0.05) is 31.2 Å². The van der Waals surface area contributed by atoms with Gasteiger partial charge in [0.05, 0.1) is 24.1 Å². The zero-order valence-electron chi connectivity index (χ0n) is 17.5. The fraction of sp³-hybridized carbons (Fsp3) is 0.550. The van der Waals surface area contributed by atoms with Crippen molar-refractivity contribution < 1.29 is 27.9 Å². The number of carbonyl (C=O) groups excluding carboxylic acids is 1. The summed E-state index contributed by atoms with van der Waals surface area (Å²) >= 11 is 0. The number of pyridine rings is 1. The van der Waals surface area contributed by atoms with E-state index in [-0.39, 0.29) is 5.91 Å². The molecule has 1 fully saturated rings. The average molecular weight is 428 g/mol. The molecule has 0 atom stereocenters. The van der Waals surface area contributed by atoms with Crippen LogP contribution in [0.25, 0.3) is 5.52 Å². The molecule has 1 aliphatic heterocycles. The molecule has 0 spiro atoms. The van der Waals surface area contributed by atoms with E-state index in [1.54, 1.807) is 0 Å². The molecule has 30 heavy (non-hydrogen) atoms. The number of carboxylic acids is 1. The van der Waals surface area contributed by atoms with Crippen LogP contribution in [-0.4, -0.2) is 75.1 Å². The van der Waals surface area contributed by atoms with Gasteiger partial charge >= 0.3 is 12.1 Å². The number of halogens is 3. The number of hydrogen-bond donors (Lipinski definition) is 1. The van der Waals surface area contributed by atoms with Gasteiger partial charge in [-0.25, -0.2) is 9.78 Å². The predicted molar refractivity (Wildman–Crippen MR) is 105 cm³/mol. The fourth-order valence-electron chi connectivity index (χ4n) is 2.94. The summed E-state index contributed by atoms with van der Waals surface area (Å²) in [5.41, 5.74) is 3.59. The van der Waals surface area contributed by atoms with Crippen LogP contribution in [0.1, 0.15) is 37.9 Å². The van der Waals surface area contributed by atoms with E-state index in [9.17, 15) is 18.0 Å². The summed E-state index contributed by atoms with van der Waals surface area (Å²) in [6.45, 7) is 8.43. The lowest BCUT2D eigenvalue weighted by Crippen LogP contribution is -2.52. The third kappa shape index (κ3) is 5.71. The van der Waals surface area contributed by atoms with E-state index in [4.69, 9.17) is 9.90 Å². The minimum absolute atomic E-state index is 0.217. The minimum atomic E-state index is -5.08. The highest BCUT2D eigenvalue weighted by atomic mass is 19.4. The van der Waals surface area contributed by atoms with Crippen LogP contribution in [0, 0.1) is 0 Å². The molecule has 1 aliphatic rings. The van der Waals surface area contributed by atoms with Crippen molar-refractivity contribution >= 4 is 17.4 Å². The Bertz CT molecular complexity index is 889. The van der Waals surface area contributed by atoms with Crippen LogP contribution in [0.5, 0.6) is 0 Å². The summed E-state index contributed by atoms with van der Waals surface area (Å²) in [4.78, 5) is 29.8. The highest BCUT2D eigenvalue weighted by Gasteiger charge is 2.38. The number of amides is 1. The number of aliphatic carboxylic acids is 1. The Morgan fingerprint density at radius 2 is 1.90 bits per heavy atom. The summed E-state index contributed by atoms with van der Waals surface area (Å²) in [7, 11) is 1.99. The van der Waals surface area contributed by atoms with E-state index in [2.05, 4.69) is 53.4 Å². The number of imidazole rings is 1. The number of likely N-dealkylation sites (tertiary alicyclic amines) is 1. The molecule has 1 amide bonds. The van der Waals surface area contributed by atoms with Crippen molar-refractivity contribution in [3.05, 3.63) is 35.9 Å². The molecule has 7 nitrogen and oxygen atoms in total. The molecule has 10 heteroatoms. The summed E-state index contributed by atoms with van der Waals surface area (Å²) in [5, 5.41) is 7.12. The second-order valence-corrected chi connectivity index (χ2v) is 7.62. The van der Waals surface area contributed by atoms with E-state index in [0.29, 0.717) is 18.5 Å². The maximum absolute atomic E-state index is 12.3. The van der Waals surface area contributed by atoms with Crippen LogP contribution < -0.4 is 0 Å². The van der Waals surface area contributed by atoms with Crippen LogP contribution >= 0.6 is 0 Å². The van der Waals surface area contributed by atoms with E-state index < -0.39 is 12.1 Å². The van der Waals surface area contributed by atoms with Crippen molar-refractivity contribution in [2.24, 2.45) is 0 Å². The molecule has 0 saturated carbocycles. The van der Waals surface area contributed by atoms with Gasteiger partial charge in [-0.3, -0.25) is 9.69 Å². The first-order valence-corrected chi connectivity index (χ1v) is 9.67. The second-order valence-electron chi connectivity index (χ2n) is 7.62. The molecular formula is C20H27F3N4O3. The van der Waals surface area contributed by atoms with Gasteiger partial charge in [-0.05, 0) is 38.9 Å². The van der Waals surface area contributed by atoms with Crippen LogP contribution in [-0.2, 0) is 16.0 Å². The average Bonchev–Trinajstić information content (AvgIpc) is 3.02. The van der Waals surface area contributed by atoms with Gasteiger partial charge in [-0.1, -0.05) is 13.0 Å². The standard InChI is InChI=1S/C18H26N4O.C2HF3O2/c1-5-14-6-7-16-18(19-12-22(16)8-14)15-9-21(10-15)17(23)11-20(4)13(2)3;3-2(4,5)1(6)7/h6-8,12-13,15H,5,9-11H2,1-4H3;(H,6,7). The third-order valence-corrected chi connectivity index (χ3v) is 5.16. The number of aryl methyl sites for hydroxylation is 1. The molecule has 0 aliphatic carbocycles. The number of rotatable bonds is 5. The molecule has 2 aromatic rings. The van der Waals surface area contributed by atoms with Gasteiger partial charge in [0.25, 0.3) is 0 Å². The van der Waals surface area contributed by atoms with Crippen LogP contribution in [0.3, 0.4) is 0 Å².